The Morgan fingerprint density at radius 3 is 2.60 bits per heavy atom. The molecule has 2 bridgehead atoms. The third kappa shape index (κ3) is 1.40. The van der Waals surface area contributed by atoms with Crippen LogP contribution in [0, 0.1) is 22.2 Å². The molecule has 15 heavy (non-hydrogen) atoms. The van der Waals surface area contributed by atoms with Crippen molar-refractivity contribution in [1.29, 1.82) is 5.41 Å². The first-order chi connectivity index (χ1) is 6.90. The molecule has 0 saturated heterocycles. The monoisotopic (exact) mass is 208 g/mol. The summed E-state index contributed by atoms with van der Waals surface area (Å²) >= 11 is 0. The van der Waals surface area contributed by atoms with E-state index < -0.39 is 0 Å². The Morgan fingerprint density at radius 1 is 1.47 bits per heavy atom. The summed E-state index contributed by atoms with van der Waals surface area (Å²) < 4.78 is 4.85. The van der Waals surface area contributed by atoms with Crippen LogP contribution in [-0.4, -0.2) is 18.8 Å². The Hall–Kier alpha value is -0.860. The lowest BCUT2D eigenvalue weighted by atomic mass is 9.71. The van der Waals surface area contributed by atoms with Crippen LogP contribution in [0.25, 0.3) is 0 Å². The van der Waals surface area contributed by atoms with Crippen LogP contribution in [-0.2, 0) is 4.74 Å². The molecule has 0 aliphatic heterocycles. The number of nitrogens with one attached hydrogen (secondary N) is 1. The van der Waals surface area contributed by atoms with Crippen molar-refractivity contribution in [2.75, 3.05) is 7.11 Å². The second-order valence-corrected chi connectivity index (χ2v) is 5.69. The highest BCUT2D eigenvalue weighted by Crippen LogP contribution is 2.60. The molecule has 2 aliphatic carbocycles. The van der Waals surface area contributed by atoms with E-state index >= 15 is 0 Å². The van der Waals surface area contributed by atoms with E-state index in [0.29, 0.717) is 0 Å². The van der Waals surface area contributed by atoms with Crippen molar-refractivity contribution in [1.82, 2.24) is 0 Å². The minimum Gasteiger partial charge on any atom is -0.467 e. The Bertz CT molecular complexity index is 326. The van der Waals surface area contributed by atoms with Crippen LogP contribution in [0.5, 0.6) is 0 Å². The van der Waals surface area contributed by atoms with E-state index in [1.165, 1.54) is 32.1 Å². The van der Waals surface area contributed by atoms with Gasteiger partial charge in [0.1, 0.15) is 0 Å². The average molecular weight is 208 g/mol. The maximum Gasteiger partial charge on any atom is 0.308 e. The Balaban J connectivity index is 2.38. The fourth-order valence-corrected chi connectivity index (χ4v) is 3.47. The zero-order valence-corrected chi connectivity index (χ0v) is 10.1. The molecule has 0 aromatic rings. The van der Waals surface area contributed by atoms with Gasteiger partial charge in [0.2, 0.25) is 0 Å². The molecule has 0 unspecified atom stereocenters. The zero-order valence-electron chi connectivity index (χ0n) is 10.1. The van der Waals surface area contributed by atoms with Crippen molar-refractivity contribution in [3.05, 3.63) is 0 Å². The standard InChI is InChI=1S/C12H20N2O/c1-11(2)8-5-6-12(3,7-8)9(11)14-10(13)15-4/h8,13H,5-7H2,1-4H3/b13-10?,14-9+/t8-,12+/m0/s1. The summed E-state index contributed by atoms with van der Waals surface area (Å²) in [4.78, 5) is 4.38. The third-order valence-corrected chi connectivity index (χ3v) is 4.35. The highest BCUT2D eigenvalue weighted by Gasteiger charge is 2.57. The van der Waals surface area contributed by atoms with Crippen molar-refractivity contribution in [3.8, 4) is 0 Å². The highest BCUT2D eigenvalue weighted by molar-refractivity contribution is 6.03. The summed E-state index contributed by atoms with van der Waals surface area (Å²) in [7, 11) is 1.51. The fraction of sp³-hybridized carbons (Fsp3) is 0.833. The number of hydrogen-bond acceptors (Lipinski definition) is 2. The van der Waals surface area contributed by atoms with Gasteiger partial charge in [0, 0.05) is 16.5 Å². The van der Waals surface area contributed by atoms with Crippen LogP contribution in [0.4, 0.5) is 0 Å². The predicted molar refractivity (Wildman–Crippen MR) is 61.4 cm³/mol. The molecule has 2 aliphatic rings. The van der Waals surface area contributed by atoms with Gasteiger partial charge in [-0.3, -0.25) is 0 Å². The largest absolute Gasteiger partial charge is 0.467 e. The van der Waals surface area contributed by atoms with E-state index in [2.05, 4.69) is 25.8 Å². The van der Waals surface area contributed by atoms with Crippen LogP contribution < -0.4 is 0 Å². The van der Waals surface area contributed by atoms with E-state index in [9.17, 15) is 0 Å². The highest BCUT2D eigenvalue weighted by atomic mass is 16.5. The number of aliphatic imine (C=N–C) groups is 1. The lowest BCUT2D eigenvalue weighted by molar-refractivity contribution is 0.331. The Kier molecular flexibility index (Phi) is 2.18. The number of amidine groups is 1. The number of ether oxygens (including phenoxy) is 1. The average Bonchev–Trinajstić information content (AvgIpc) is 2.63. The summed E-state index contributed by atoms with van der Waals surface area (Å²) in [5.41, 5.74) is 1.55. The normalized spacial score (nSPS) is 39.7. The molecule has 2 atom stereocenters. The first-order valence-electron chi connectivity index (χ1n) is 5.62. The van der Waals surface area contributed by atoms with Gasteiger partial charge in [0.25, 0.3) is 0 Å². The summed E-state index contributed by atoms with van der Waals surface area (Å²) in [5.74, 6) is 0.742. The van der Waals surface area contributed by atoms with E-state index in [-0.39, 0.29) is 16.9 Å². The number of nitrogens with zero attached hydrogens (tertiary/aromatic N) is 1. The van der Waals surface area contributed by atoms with Crippen LogP contribution in [0.3, 0.4) is 0 Å². The predicted octanol–water partition coefficient (Wildman–Crippen LogP) is 2.85. The van der Waals surface area contributed by atoms with Gasteiger partial charge < -0.3 is 4.74 Å². The van der Waals surface area contributed by atoms with Gasteiger partial charge in [-0.15, -0.1) is 0 Å². The van der Waals surface area contributed by atoms with Gasteiger partial charge in [0.15, 0.2) is 0 Å². The van der Waals surface area contributed by atoms with Gasteiger partial charge in [-0.1, -0.05) is 20.8 Å². The van der Waals surface area contributed by atoms with Gasteiger partial charge in [-0.25, -0.2) is 10.4 Å². The number of rotatable bonds is 0. The van der Waals surface area contributed by atoms with Gasteiger partial charge in [0.05, 0.1) is 7.11 Å². The quantitative estimate of drug-likeness (QED) is 0.483. The van der Waals surface area contributed by atoms with E-state index in [1.807, 2.05) is 0 Å². The third-order valence-electron chi connectivity index (χ3n) is 4.35. The molecule has 0 heterocycles. The van der Waals surface area contributed by atoms with Crippen molar-refractivity contribution in [2.45, 2.75) is 40.0 Å². The molecule has 0 aromatic carbocycles. The summed E-state index contributed by atoms with van der Waals surface area (Å²) in [5, 5.41) is 7.54. The van der Waals surface area contributed by atoms with Crippen molar-refractivity contribution in [3.63, 3.8) is 0 Å². The lowest BCUT2D eigenvalue weighted by Gasteiger charge is -2.35. The molecule has 2 fully saturated rings. The molecule has 2 saturated carbocycles. The Morgan fingerprint density at radius 2 is 2.13 bits per heavy atom. The summed E-state index contributed by atoms with van der Waals surface area (Å²) in [6.07, 6.45) is 3.76. The molecule has 84 valence electrons. The van der Waals surface area contributed by atoms with Gasteiger partial charge in [-0.05, 0) is 25.2 Å². The second kappa shape index (κ2) is 3.06. The molecule has 2 rings (SSSR count). The van der Waals surface area contributed by atoms with E-state index in [4.69, 9.17) is 10.1 Å². The maximum atomic E-state index is 7.54. The number of hydrogen-bond donors (Lipinski definition) is 1. The smallest absolute Gasteiger partial charge is 0.308 e. The van der Waals surface area contributed by atoms with Crippen molar-refractivity contribution >= 4 is 11.7 Å². The lowest BCUT2D eigenvalue weighted by Crippen LogP contribution is -2.36. The topological polar surface area (TPSA) is 45.4 Å². The molecule has 1 N–H and O–H groups in total. The van der Waals surface area contributed by atoms with E-state index in [0.717, 1.165) is 5.92 Å². The summed E-state index contributed by atoms with van der Waals surface area (Å²) in [6, 6.07) is 0.0480. The fourth-order valence-electron chi connectivity index (χ4n) is 3.47. The van der Waals surface area contributed by atoms with Crippen LogP contribution >= 0.6 is 0 Å². The molecule has 0 amide bonds. The van der Waals surface area contributed by atoms with Crippen LogP contribution in [0.2, 0.25) is 0 Å². The molecule has 0 aromatic heterocycles. The summed E-state index contributed by atoms with van der Waals surface area (Å²) in [6.45, 7) is 6.79. The molecule has 0 radical (unpaired) electrons. The maximum absolute atomic E-state index is 7.54. The van der Waals surface area contributed by atoms with Crippen LogP contribution in [0.15, 0.2) is 4.99 Å². The molecular formula is C12H20N2O. The first-order valence-corrected chi connectivity index (χ1v) is 5.62. The SMILES string of the molecule is COC(=N)/N=C1\C(C)(C)[C@H]2CC[C@]1(C)C2. The van der Waals surface area contributed by atoms with Crippen molar-refractivity contribution < 1.29 is 4.74 Å². The molecule has 3 nitrogen and oxygen atoms in total. The molecular weight excluding hydrogens is 188 g/mol. The second-order valence-electron chi connectivity index (χ2n) is 5.69. The van der Waals surface area contributed by atoms with Crippen molar-refractivity contribution in [2.24, 2.45) is 21.7 Å². The van der Waals surface area contributed by atoms with Gasteiger partial charge >= 0.3 is 6.02 Å². The molecule has 3 heteroatoms. The van der Waals surface area contributed by atoms with Gasteiger partial charge in [-0.2, -0.15) is 0 Å². The Labute approximate surface area is 91.4 Å². The number of fused-ring (bicyclic) bond motifs is 2. The van der Waals surface area contributed by atoms with Crippen LogP contribution in [0.1, 0.15) is 40.0 Å². The first kappa shape index (κ1) is 10.7. The minimum absolute atomic E-state index is 0.0480. The number of methoxy groups -OCH3 is 1. The molecule has 0 spiro atoms. The zero-order chi connectivity index (χ0) is 11.3. The minimum atomic E-state index is 0.0480. The van der Waals surface area contributed by atoms with E-state index in [1.54, 1.807) is 0 Å².